The maximum absolute atomic E-state index is 11.7. The third-order valence-electron chi connectivity index (χ3n) is 4.18. The van der Waals surface area contributed by atoms with Crippen molar-refractivity contribution in [2.75, 3.05) is 0 Å². The van der Waals surface area contributed by atoms with Gasteiger partial charge in [0, 0.05) is 5.70 Å². The Labute approximate surface area is 136 Å². The van der Waals surface area contributed by atoms with E-state index in [0.717, 1.165) is 25.0 Å². The largest absolute Gasteiger partial charge is 0.467 e. The average Bonchev–Trinajstić information content (AvgIpc) is 3.03. The average molecular weight is 319 g/mol. The van der Waals surface area contributed by atoms with Crippen LogP contribution in [0.2, 0.25) is 0 Å². The lowest BCUT2D eigenvalue weighted by Gasteiger charge is -2.33. The van der Waals surface area contributed by atoms with Crippen molar-refractivity contribution in [3.63, 3.8) is 0 Å². The Kier molecular flexibility index (Phi) is 5.47. The normalized spacial score (nSPS) is 18.0. The maximum Gasteiger partial charge on any atom is 0.327 e. The summed E-state index contributed by atoms with van der Waals surface area (Å²) >= 11 is 0. The zero-order valence-electron chi connectivity index (χ0n) is 13.9. The second-order valence-corrected chi connectivity index (χ2v) is 6.91. The molecule has 1 aromatic rings. The van der Waals surface area contributed by atoms with Gasteiger partial charge in [-0.2, -0.15) is 0 Å². The van der Waals surface area contributed by atoms with E-state index in [1.807, 2.05) is 0 Å². The van der Waals surface area contributed by atoms with Gasteiger partial charge in [0.1, 0.15) is 5.76 Å². The fraction of sp³-hybridized carbons (Fsp3) is 0.529. The number of furan rings is 1. The molecule has 0 fully saturated rings. The van der Waals surface area contributed by atoms with Gasteiger partial charge in [0.15, 0.2) is 0 Å². The van der Waals surface area contributed by atoms with Crippen LogP contribution in [-0.2, 0) is 16.1 Å². The summed E-state index contributed by atoms with van der Waals surface area (Å²) < 4.78 is 5.09. The van der Waals surface area contributed by atoms with Crippen LogP contribution < -0.4 is 16.2 Å². The van der Waals surface area contributed by atoms with E-state index in [2.05, 4.69) is 43.0 Å². The van der Waals surface area contributed by atoms with Crippen LogP contribution in [-0.4, -0.2) is 11.8 Å². The van der Waals surface area contributed by atoms with Gasteiger partial charge in [-0.1, -0.05) is 26.8 Å². The molecule has 0 unspecified atom stereocenters. The van der Waals surface area contributed by atoms with E-state index in [1.165, 1.54) is 6.26 Å². The summed E-state index contributed by atoms with van der Waals surface area (Å²) in [7, 11) is 0. The number of carbonyl (C=O) groups is 2. The van der Waals surface area contributed by atoms with Crippen LogP contribution in [0.5, 0.6) is 0 Å². The number of amides is 2. The van der Waals surface area contributed by atoms with Crippen molar-refractivity contribution in [1.29, 1.82) is 0 Å². The highest BCUT2D eigenvalue weighted by Crippen LogP contribution is 2.36. The zero-order chi connectivity index (χ0) is 16.9. The summed E-state index contributed by atoms with van der Waals surface area (Å²) in [6, 6.07) is 3.46. The molecule has 1 aliphatic carbocycles. The predicted octanol–water partition coefficient (Wildman–Crippen LogP) is 2.25. The van der Waals surface area contributed by atoms with E-state index in [-0.39, 0.29) is 12.0 Å². The van der Waals surface area contributed by atoms with Gasteiger partial charge in [-0.05, 0) is 42.7 Å². The van der Waals surface area contributed by atoms with Crippen LogP contribution in [0.1, 0.15) is 45.8 Å². The second-order valence-electron chi connectivity index (χ2n) is 6.91. The molecule has 1 aromatic heterocycles. The van der Waals surface area contributed by atoms with Crippen molar-refractivity contribution in [3.8, 4) is 0 Å². The molecule has 126 valence electrons. The van der Waals surface area contributed by atoms with Gasteiger partial charge in [0.25, 0.3) is 0 Å². The lowest BCUT2D eigenvalue weighted by atomic mass is 9.74. The van der Waals surface area contributed by atoms with Crippen LogP contribution in [0.4, 0.5) is 0 Å². The van der Waals surface area contributed by atoms with Gasteiger partial charge >= 0.3 is 11.8 Å². The molecule has 2 amide bonds. The van der Waals surface area contributed by atoms with Crippen LogP contribution in [0, 0.1) is 11.3 Å². The Morgan fingerprint density at radius 3 is 2.65 bits per heavy atom. The number of hydrazine groups is 1. The number of carbonyl (C=O) groups excluding carboxylic acids is 2. The minimum atomic E-state index is -0.713. The third-order valence-corrected chi connectivity index (χ3v) is 4.18. The number of allylic oxidation sites excluding steroid dienone is 2. The standard InChI is InChI=1S/C17H25N3O3/c1-17(2,3)12-6-8-13(9-7-12)19-20-16(22)15(21)18-11-14-5-4-10-23-14/h4-5,8,10,12,19H,6-7,9,11H2,1-3H3,(H,18,21)(H,20,22)/t12-/m1/s1. The Bertz CT molecular complexity index is 570. The van der Waals surface area contributed by atoms with Gasteiger partial charge in [-0.25, -0.2) is 0 Å². The predicted molar refractivity (Wildman–Crippen MR) is 86.7 cm³/mol. The monoisotopic (exact) mass is 319 g/mol. The van der Waals surface area contributed by atoms with Gasteiger partial charge in [-0.15, -0.1) is 0 Å². The molecule has 0 bridgehead atoms. The van der Waals surface area contributed by atoms with Gasteiger partial charge in [-0.3, -0.25) is 15.0 Å². The van der Waals surface area contributed by atoms with E-state index < -0.39 is 11.8 Å². The number of nitrogens with one attached hydrogen (secondary N) is 3. The molecule has 1 atom stereocenters. The first kappa shape index (κ1) is 17.1. The Balaban J connectivity index is 1.72. The van der Waals surface area contributed by atoms with Gasteiger partial charge < -0.3 is 15.2 Å². The third kappa shape index (κ3) is 5.16. The van der Waals surface area contributed by atoms with E-state index >= 15 is 0 Å². The summed E-state index contributed by atoms with van der Waals surface area (Å²) in [5.74, 6) is -0.170. The van der Waals surface area contributed by atoms with Gasteiger partial charge in [0.2, 0.25) is 0 Å². The van der Waals surface area contributed by atoms with Crippen LogP contribution in [0.15, 0.2) is 34.6 Å². The summed E-state index contributed by atoms with van der Waals surface area (Å²) in [5, 5.41) is 2.50. The molecule has 6 nitrogen and oxygen atoms in total. The second kappa shape index (κ2) is 7.35. The van der Waals surface area contributed by atoms with Crippen molar-refractivity contribution in [1.82, 2.24) is 16.2 Å². The highest BCUT2D eigenvalue weighted by atomic mass is 16.3. The Morgan fingerprint density at radius 2 is 2.09 bits per heavy atom. The molecule has 0 saturated carbocycles. The molecule has 23 heavy (non-hydrogen) atoms. The number of rotatable bonds is 4. The van der Waals surface area contributed by atoms with E-state index in [9.17, 15) is 9.59 Å². The first-order valence-electron chi connectivity index (χ1n) is 7.92. The number of hydrogen-bond acceptors (Lipinski definition) is 4. The lowest BCUT2D eigenvalue weighted by Crippen LogP contribution is -2.46. The zero-order valence-corrected chi connectivity index (χ0v) is 13.9. The molecule has 2 rings (SSSR count). The van der Waals surface area contributed by atoms with Crippen LogP contribution in [0.25, 0.3) is 0 Å². The van der Waals surface area contributed by atoms with E-state index in [0.29, 0.717) is 11.7 Å². The first-order chi connectivity index (χ1) is 10.9. The fourth-order valence-electron chi connectivity index (χ4n) is 2.59. The quantitative estimate of drug-likeness (QED) is 0.587. The SMILES string of the molecule is CC(C)(C)[C@@H]1CC=C(NNC(=O)C(=O)NCc2ccco2)CC1. The lowest BCUT2D eigenvalue weighted by molar-refractivity contribution is -0.139. The van der Waals surface area contributed by atoms with E-state index in [1.54, 1.807) is 12.1 Å². The topological polar surface area (TPSA) is 83.4 Å². The van der Waals surface area contributed by atoms with Crippen LogP contribution in [0.3, 0.4) is 0 Å². The van der Waals surface area contributed by atoms with Crippen LogP contribution >= 0.6 is 0 Å². The molecule has 1 aliphatic rings. The smallest absolute Gasteiger partial charge is 0.327 e. The highest BCUT2D eigenvalue weighted by Gasteiger charge is 2.26. The molecule has 3 N–H and O–H groups in total. The molecule has 6 heteroatoms. The summed E-state index contributed by atoms with van der Waals surface area (Å²) in [5.41, 5.74) is 6.53. The summed E-state index contributed by atoms with van der Waals surface area (Å²) in [6.45, 7) is 6.93. The van der Waals surface area contributed by atoms with Crippen molar-refractivity contribution < 1.29 is 14.0 Å². The molecule has 0 radical (unpaired) electrons. The molecule has 1 heterocycles. The Hall–Kier alpha value is -2.24. The van der Waals surface area contributed by atoms with Crippen molar-refractivity contribution in [2.24, 2.45) is 11.3 Å². The summed E-state index contributed by atoms with van der Waals surface area (Å²) in [6.07, 6.45) is 6.54. The fourth-order valence-corrected chi connectivity index (χ4v) is 2.59. The Morgan fingerprint density at radius 1 is 1.30 bits per heavy atom. The molecule has 0 saturated heterocycles. The number of hydrogen-bond donors (Lipinski definition) is 3. The summed E-state index contributed by atoms with van der Waals surface area (Å²) in [4.78, 5) is 23.4. The molecule has 0 spiro atoms. The van der Waals surface area contributed by atoms with Crippen molar-refractivity contribution in [3.05, 3.63) is 35.9 Å². The van der Waals surface area contributed by atoms with Gasteiger partial charge in [0.05, 0.1) is 12.8 Å². The molecular weight excluding hydrogens is 294 g/mol. The minimum Gasteiger partial charge on any atom is -0.467 e. The molecule has 0 aromatic carbocycles. The first-order valence-corrected chi connectivity index (χ1v) is 7.92. The van der Waals surface area contributed by atoms with Crippen molar-refractivity contribution >= 4 is 11.8 Å². The minimum absolute atomic E-state index is 0.190. The van der Waals surface area contributed by atoms with E-state index in [4.69, 9.17) is 4.42 Å². The molecule has 0 aliphatic heterocycles. The highest BCUT2D eigenvalue weighted by molar-refractivity contribution is 6.34. The molecular formula is C17H25N3O3. The maximum atomic E-state index is 11.7. The van der Waals surface area contributed by atoms with Crippen molar-refractivity contribution in [2.45, 2.75) is 46.6 Å².